The van der Waals surface area contributed by atoms with Crippen LogP contribution in [-0.4, -0.2) is 21.2 Å². The van der Waals surface area contributed by atoms with Gasteiger partial charge in [0, 0.05) is 18.9 Å². The lowest BCUT2D eigenvalue weighted by atomic mass is 10.1. The maximum Gasteiger partial charge on any atom is 0.156 e. The van der Waals surface area contributed by atoms with Crippen LogP contribution >= 0.6 is 11.6 Å². The molecule has 2 aromatic rings. The van der Waals surface area contributed by atoms with Crippen LogP contribution in [-0.2, 0) is 6.54 Å². The molecule has 6 heteroatoms. The average Bonchev–Trinajstić information content (AvgIpc) is 2.37. The van der Waals surface area contributed by atoms with Crippen LogP contribution in [0.3, 0.4) is 0 Å². The molecule has 0 radical (unpaired) electrons. The minimum Gasteiger partial charge on any atom is -0.365 e. The Balaban J connectivity index is 2.25. The molecule has 0 fully saturated rings. The maximum absolute atomic E-state index is 11.0. The van der Waals surface area contributed by atoms with Crippen molar-refractivity contribution in [3.05, 3.63) is 46.1 Å². The van der Waals surface area contributed by atoms with Crippen LogP contribution in [0, 0.1) is 13.8 Å². The molecule has 0 saturated heterocycles. The van der Waals surface area contributed by atoms with Crippen molar-refractivity contribution in [1.29, 1.82) is 0 Å². The van der Waals surface area contributed by atoms with Crippen molar-refractivity contribution in [3.63, 3.8) is 0 Å². The zero-order valence-electron chi connectivity index (χ0n) is 10.6. The minimum absolute atomic E-state index is 0.163. The fraction of sp³-hybridized carbons (Fsp3) is 0.231. The summed E-state index contributed by atoms with van der Waals surface area (Å²) < 4.78 is 0. The van der Waals surface area contributed by atoms with E-state index in [1.54, 1.807) is 19.3 Å². The maximum atomic E-state index is 11.0. The third-order valence-electron chi connectivity index (χ3n) is 2.71. The van der Waals surface area contributed by atoms with Gasteiger partial charge in [-0.25, -0.2) is 9.97 Å². The van der Waals surface area contributed by atoms with Crippen LogP contribution < -0.4 is 5.32 Å². The molecule has 0 aromatic carbocycles. The number of nitrogens with zero attached hydrogens (tertiary/aromatic N) is 3. The number of aryl methyl sites for hydroxylation is 2. The zero-order chi connectivity index (χ0) is 13.8. The molecule has 0 spiro atoms. The Kier molecular flexibility index (Phi) is 4.06. The number of aromatic nitrogens is 3. The third kappa shape index (κ3) is 3.06. The number of carbonyl (C=O) groups is 1. The molecule has 0 aliphatic rings. The summed E-state index contributed by atoms with van der Waals surface area (Å²) in [5.41, 5.74) is 2.43. The van der Waals surface area contributed by atoms with Crippen molar-refractivity contribution in [2.24, 2.45) is 0 Å². The number of carbonyl (C=O) groups excluding carboxylic acids is 1. The van der Waals surface area contributed by atoms with Crippen LogP contribution in [0.2, 0.25) is 5.15 Å². The van der Waals surface area contributed by atoms with Crippen molar-refractivity contribution in [2.45, 2.75) is 20.4 Å². The number of hydrogen-bond donors (Lipinski definition) is 1. The first kappa shape index (κ1) is 13.4. The Morgan fingerprint density at radius 2 is 2.16 bits per heavy atom. The zero-order valence-corrected chi connectivity index (χ0v) is 11.4. The monoisotopic (exact) mass is 276 g/mol. The average molecular weight is 277 g/mol. The van der Waals surface area contributed by atoms with Crippen molar-refractivity contribution in [2.75, 3.05) is 5.32 Å². The van der Waals surface area contributed by atoms with Gasteiger partial charge in [0.25, 0.3) is 0 Å². The van der Waals surface area contributed by atoms with E-state index in [4.69, 9.17) is 11.6 Å². The fourth-order valence-electron chi connectivity index (χ4n) is 1.67. The Morgan fingerprint density at radius 3 is 2.84 bits per heavy atom. The van der Waals surface area contributed by atoms with E-state index in [0.29, 0.717) is 24.5 Å². The summed E-state index contributed by atoms with van der Waals surface area (Å²) in [6, 6.07) is 1.92. The fourth-order valence-corrected chi connectivity index (χ4v) is 1.92. The summed E-state index contributed by atoms with van der Waals surface area (Å²) in [6.07, 6.45) is 4.17. The number of anilines is 1. The van der Waals surface area contributed by atoms with Crippen molar-refractivity contribution < 1.29 is 4.79 Å². The van der Waals surface area contributed by atoms with Crippen LogP contribution in [0.1, 0.15) is 27.3 Å². The molecular weight excluding hydrogens is 264 g/mol. The summed E-state index contributed by atoms with van der Waals surface area (Å²) in [5.74, 6) is 0.966. The van der Waals surface area contributed by atoms with Crippen molar-refractivity contribution >= 4 is 23.7 Å². The molecule has 98 valence electrons. The highest BCUT2D eigenvalue weighted by Gasteiger charge is 2.11. The van der Waals surface area contributed by atoms with Gasteiger partial charge in [-0.3, -0.25) is 9.78 Å². The van der Waals surface area contributed by atoms with E-state index >= 15 is 0 Å². The standard InChI is InChI=1S/C13H13ClN4O/c1-8-5-15-4-3-10(8)6-16-13-11(7-19)12(14)17-9(2)18-13/h3-5,7H,6H2,1-2H3,(H,16,17,18). The molecule has 0 unspecified atom stereocenters. The van der Waals surface area contributed by atoms with Gasteiger partial charge in [0.05, 0.1) is 5.56 Å². The Morgan fingerprint density at radius 1 is 1.37 bits per heavy atom. The Labute approximate surface area is 116 Å². The lowest BCUT2D eigenvalue weighted by molar-refractivity contribution is 0.112. The first-order chi connectivity index (χ1) is 9.11. The largest absolute Gasteiger partial charge is 0.365 e. The molecule has 0 aliphatic carbocycles. The lowest BCUT2D eigenvalue weighted by Gasteiger charge is -2.10. The van der Waals surface area contributed by atoms with Crippen LogP contribution in [0.5, 0.6) is 0 Å². The molecule has 2 rings (SSSR count). The quantitative estimate of drug-likeness (QED) is 0.687. The number of pyridine rings is 1. The van der Waals surface area contributed by atoms with Gasteiger partial charge < -0.3 is 5.32 Å². The van der Waals surface area contributed by atoms with Gasteiger partial charge in [0.1, 0.15) is 16.8 Å². The highest BCUT2D eigenvalue weighted by Crippen LogP contribution is 2.20. The van der Waals surface area contributed by atoms with E-state index in [-0.39, 0.29) is 10.7 Å². The summed E-state index contributed by atoms with van der Waals surface area (Å²) in [4.78, 5) is 23.2. The second kappa shape index (κ2) is 5.75. The number of rotatable bonds is 4. The molecule has 2 aromatic heterocycles. The van der Waals surface area contributed by atoms with Gasteiger partial charge in [-0.1, -0.05) is 11.6 Å². The first-order valence-corrected chi connectivity index (χ1v) is 6.12. The third-order valence-corrected chi connectivity index (χ3v) is 3.00. The van der Waals surface area contributed by atoms with Crippen LogP contribution in [0.15, 0.2) is 18.5 Å². The predicted molar refractivity (Wildman–Crippen MR) is 73.5 cm³/mol. The summed E-state index contributed by atoms with van der Waals surface area (Å²) >= 11 is 5.92. The topological polar surface area (TPSA) is 67.8 Å². The number of nitrogens with one attached hydrogen (secondary N) is 1. The molecule has 0 aliphatic heterocycles. The Bertz CT molecular complexity index is 616. The molecule has 2 heterocycles. The normalized spacial score (nSPS) is 10.3. The van der Waals surface area contributed by atoms with Crippen LogP contribution in [0.25, 0.3) is 0 Å². The SMILES string of the molecule is Cc1nc(Cl)c(C=O)c(NCc2ccncc2C)n1. The Hall–Kier alpha value is -2.01. The molecule has 0 bridgehead atoms. The van der Waals surface area contributed by atoms with Gasteiger partial charge in [-0.15, -0.1) is 0 Å². The van der Waals surface area contributed by atoms with Gasteiger partial charge in [0.2, 0.25) is 0 Å². The molecule has 0 saturated carbocycles. The van der Waals surface area contributed by atoms with Gasteiger partial charge in [0.15, 0.2) is 6.29 Å². The predicted octanol–water partition coefficient (Wildman–Crippen LogP) is 2.57. The molecule has 0 atom stereocenters. The number of aldehydes is 1. The van der Waals surface area contributed by atoms with E-state index in [0.717, 1.165) is 11.1 Å². The summed E-state index contributed by atoms with van der Waals surface area (Å²) in [5, 5.41) is 3.27. The summed E-state index contributed by atoms with van der Waals surface area (Å²) in [7, 11) is 0. The lowest BCUT2D eigenvalue weighted by Crippen LogP contribution is -2.08. The summed E-state index contributed by atoms with van der Waals surface area (Å²) in [6.45, 7) is 4.24. The minimum atomic E-state index is 0.163. The number of hydrogen-bond acceptors (Lipinski definition) is 5. The smallest absolute Gasteiger partial charge is 0.156 e. The molecular formula is C13H13ClN4O. The second-order valence-electron chi connectivity index (χ2n) is 4.10. The van der Waals surface area contributed by atoms with Crippen molar-refractivity contribution in [3.8, 4) is 0 Å². The van der Waals surface area contributed by atoms with Gasteiger partial charge in [-0.05, 0) is 31.0 Å². The second-order valence-corrected chi connectivity index (χ2v) is 4.46. The van der Waals surface area contributed by atoms with E-state index in [1.807, 2.05) is 13.0 Å². The highest BCUT2D eigenvalue weighted by molar-refractivity contribution is 6.32. The molecule has 19 heavy (non-hydrogen) atoms. The van der Waals surface area contributed by atoms with Gasteiger partial charge in [-0.2, -0.15) is 0 Å². The molecule has 5 nitrogen and oxygen atoms in total. The van der Waals surface area contributed by atoms with E-state index in [1.165, 1.54) is 0 Å². The molecule has 0 amide bonds. The van der Waals surface area contributed by atoms with Crippen LogP contribution in [0.4, 0.5) is 5.82 Å². The number of halogens is 1. The van der Waals surface area contributed by atoms with E-state index in [2.05, 4.69) is 20.3 Å². The first-order valence-electron chi connectivity index (χ1n) is 5.74. The van der Waals surface area contributed by atoms with E-state index < -0.39 is 0 Å². The molecule has 1 N–H and O–H groups in total. The highest BCUT2D eigenvalue weighted by atomic mass is 35.5. The van der Waals surface area contributed by atoms with Gasteiger partial charge >= 0.3 is 0 Å². The van der Waals surface area contributed by atoms with E-state index in [9.17, 15) is 4.79 Å². The van der Waals surface area contributed by atoms with Crippen molar-refractivity contribution in [1.82, 2.24) is 15.0 Å².